The summed E-state index contributed by atoms with van der Waals surface area (Å²) >= 11 is 0. The Balaban J connectivity index is 1.86. The third kappa shape index (κ3) is 4.20. The molecule has 5 nitrogen and oxygen atoms in total. The molecule has 0 aliphatic heterocycles. The minimum absolute atomic E-state index is 0.165. The van der Waals surface area contributed by atoms with Crippen LogP contribution in [0.2, 0.25) is 0 Å². The van der Waals surface area contributed by atoms with Gasteiger partial charge in [-0.25, -0.2) is 14.5 Å². The number of aromatic nitrogens is 2. The zero-order chi connectivity index (χ0) is 19.4. The minimum Gasteiger partial charge on any atom is -0.267 e. The van der Waals surface area contributed by atoms with Crippen LogP contribution in [-0.2, 0) is 6.18 Å². The van der Waals surface area contributed by atoms with E-state index in [-0.39, 0.29) is 5.69 Å². The largest absolute Gasteiger partial charge is 0.434 e. The van der Waals surface area contributed by atoms with E-state index in [1.54, 1.807) is 18.2 Å². The number of nitrogens with one attached hydrogen (secondary N) is 1. The number of benzene rings is 2. The quantitative estimate of drug-likeness (QED) is 0.428. The highest BCUT2D eigenvalue weighted by Crippen LogP contribution is 2.33. The molecule has 138 valence electrons. The summed E-state index contributed by atoms with van der Waals surface area (Å²) in [4.78, 5) is 12.2. The Kier molecular flexibility index (Phi) is 5.02. The molecule has 1 N–H and O–H groups in total. The van der Waals surface area contributed by atoms with Crippen LogP contribution >= 0.6 is 0 Å². The zero-order valence-electron chi connectivity index (χ0n) is 13.6. The molecule has 27 heavy (non-hydrogen) atoms. The highest BCUT2D eigenvalue weighted by atomic mass is 19.4. The Morgan fingerprint density at radius 2 is 1.74 bits per heavy atom. The molecule has 0 spiro atoms. The van der Waals surface area contributed by atoms with Gasteiger partial charge in [-0.15, -0.1) is 0 Å². The first-order valence-corrected chi connectivity index (χ1v) is 7.66. The summed E-state index contributed by atoms with van der Waals surface area (Å²) in [7, 11) is 0. The van der Waals surface area contributed by atoms with Crippen LogP contribution in [0.15, 0.2) is 65.9 Å². The van der Waals surface area contributed by atoms with Gasteiger partial charge in [-0.05, 0) is 29.8 Å². The Labute approximate surface area is 150 Å². The van der Waals surface area contributed by atoms with Crippen molar-refractivity contribution in [3.05, 3.63) is 83.4 Å². The lowest BCUT2D eigenvalue weighted by Gasteiger charge is -2.12. The summed E-state index contributed by atoms with van der Waals surface area (Å²) in [5, 5.41) is 7.29. The van der Waals surface area contributed by atoms with Gasteiger partial charge in [-0.1, -0.05) is 30.3 Å². The van der Waals surface area contributed by atoms with Crippen LogP contribution < -0.4 is 5.43 Å². The maximum absolute atomic E-state index is 13.5. The molecule has 0 radical (unpaired) electrons. The molecule has 0 atom stereocenters. The Hall–Kier alpha value is -3.49. The van der Waals surface area contributed by atoms with Crippen molar-refractivity contribution >= 4 is 12.1 Å². The van der Waals surface area contributed by atoms with Gasteiger partial charge in [0, 0.05) is 0 Å². The third-order valence-corrected chi connectivity index (χ3v) is 3.53. The van der Waals surface area contributed by atoms with Gasteiger partial charge in [-0.2, -0.15) is 23.4 Å². The van der Waals surface area contributed by atoms with E-state index in [4.69, 9.17) is 0 Å². The van der Waals surface area contributed by atoms with Crippen LogP contribution in [0.1, 0.15) is 21.6 Å². The molecule has 0 unspecified atom stereocenters. The molecule has 1 amide bonds. The first-order chi connectivity index (χ1) is 12.9. The Morgan fingerprint density at radius 1 is 1.07 bits per heavy atom. The fourth-order valence-electron chi connectivity index (χ4n) is 2.33. The second-order valence-electron chi connectivity index (χ2n) is 5.40. The van der Waals surface area contributed by atoms with Gasteiger partial charge in [0.15, 0.2) is 5.69 Å². The van der Waals surface area contributed by atoms with E-state index in [0.717, 1.165) is 6.20 Å². The Morgan fingerprint density at radius 3 is 2.37 bits per heavy atom. The zero-order valence-corrected chi connectivity index (χ0v) is 13.6. The lowest BCUT2D eigenvalue weighted by Crippen LogP contribution is -2.23. The van der Waals surface area contributed by atoms with Crippen molar-refractivity contribution in [3.63, 3.8) is 0 Å². The summed E-state index contributed by atoms with van der Waals surface area (Å²) < 4.78 is 54.0. The van der Waals surface area contributed by atoms with E-state index in [1.807, 2.05) is 5.43 Å². The van der Waals surface area contributed by atoms with Crippen LogP contribution in [-0.4, -0.2) is 21.9 Å². The van der Waals surface area contributed by atoms with Crippen molar-refractivity contribution in [1.82, 2.24) is 15.2 Å². The lowest BCUT2D eigenvalue weighted by atomic mass is 10.2. The summed E-state index contributed by atoms with van der Waals surface area (Å²) in [6.07, 6.45) is -2.79. The molecule has 0 saturated carbocycles. The average Bonchev–Trinajstić information content (AvgIpc) is 3.10. The summed E-state index contributed by atoms with van der Waals surface area (Å²) in [6, 6.07) is 12.8. The van der Waals surface area contributed by atoms with Crippen LogP contribution in [0.3, 0.4) is 0 Å². The van der Waals surface area contributed by atoms with Crippen LogP contribution in [0.5, 0.6) is 0 Å². The number of alkyl halides is 3. The third-order valence-electron chi connectivity index (χ3n) is 3.53. The van der Waals surface area contributed by atoms with Gasteiger partial charge in [0.05, 0.1) is 23.7 Å². The summed E-state index contributed by atoms with van der Waals surface area (Å²) in [5.41, 5.74) is 0.784. The second kappa shape index (κ2) is 7.40. The number of para-hydroxylation sites is 1. The number of amides is 1. The number of hydrogen-bond acceptors (Lipinski definition) is 3. The maximum Gasteiger partial charge on any atom is 0.434 e. The van der Waals surface area contributed by atoms with Gasteiger partial charge in [0.1, 0.15) is 5.82 Å². The number of carbonyl (C=O) groups excluding carboxylic acids is 1. The van der Waals surface area contributed by atoms with E-state index in [0.29, 0.717) is 10.2 Å². The van der Waals surface area contributed by atoms with Gasteiger partial charge < -0.3 is 0 Å². The van der Waals surface area contributed by atoms with Gasteiger partial charge in [0.25, 0.3) is 5.91 Å². The maximum atomic E-state index is 13.5. The van der Waals surface area contributed by atoms with Crippen molar-refractivity contribution in [2.45, 2.75) is 6.18 Å². The Bertz CT molecular complexity index is 963. The van der Waals surface area contributed by atoms with Gasteiger partial charge >= 0.3 is 6.18 Å². The average molecular weight is 376 g/mol. The molecule has 9 heteroatoms. The van der Waals surface area contributed by atoms with Crippen LogP contribution in [0.25, 0.3) is 5.69 Å². The molecule has 0 aliphatic rings. The topological polar surface area (TPSA) is 59.3 Å². The van der Waals surface area contributed by atoms with Crippen LogP contribution in [0.4, 0.5) is 17.6 Å². The normalized spacial score (nSPS) is 11.7. The molecule has 2 aromatic carbocycles. The van der Waals surface area contributed by atoms with E-state index in [2.05, 4.69) is 10.2 Å². The molecule has 0 saturated heterocycles. The first kappa shape index (κ1) is 18.3. The monoisotopic (exact) mass is 376 g/mol. The number of rotatable bonds is 4. The molecular weight excluding hydrogens is 364 g/mol. The van der Waals surface area contributed by atoms with Crippen molar-refractivity contribution in [1.29, 1.82) is 0 Å². The standard InChI is InChI=1S/C18H12F4N4O/c19-13-8-6-12(7-9-13)10-23-25-17(27)15-11-24-26(16(15)18(20,21)22)14-4-2-1-3-5-14/h1-11H,(H,25,27). The molecule has 1 aromatic heterocycles. The summed E-state index contributed by atoms with van der Waals surface area (Å²) in [6.45, 7) is 0. The highest BCUT2D eigenvalue weighted by molar-refractivity contribution is 5.96. The number of nitrogens with zero attached hydrogens (tertiary/aromatic N) is 3. The molecule has 1 heterocycles. The lowest BCUT2D eigenvalue weighted by molar-refractivity contribution is -0.143. The number of carbonyl (C=O) groups is 1. The second-order valence-corrected chi connectivity index (χ2v) is 5.40. The molecule has 0 bridgehead atoms. The van der Waals surface area contributed by atoms with E-state index < -0.39 is 29.2 Å². The molecule has 0 aliphatic carbocycles. The van der Waals surface area contributed by atoms with Crippen molar-refractivity contribution in [3.8, 4) is 5.69 Å². The van der Waals surface area contributed by atoms with Crippen molar-refractivity contribution < 1.29 is 22.4 Å². The van der Waals surface area contributed by atoms with E-state index in [1.165, 1.54) is 42.6 Å². The number of hydrazone groups is 1. The fourth-order valence-corrected chi connectivity index (χ4v) is 2.33. The molecule has 0 fully saturated rings. The predicted octanol–water partition coefficient (Wildman–Crippen LogP) is 3.79. The SMILES string of the molecule is O=C(NN=Cc1ccc(F)cc1)c1cnn(-c2ccccc2)c1C(F)(F)F. The minimum atomic E-state index is -4.81. The van der Waals surface area contributed by atoms with Gasteiger partial charge in [-0.3, -0.25) is 4.79 Å². The van der Waals surface area contributed by atoms with E-state index in [9.17, 15) is 22.4 Å². The first-order valence-electron chi connectivity index (χ1n) is 7.66. The summed E-state index contributed by atoms with van der Waals surface area (Å²) in [5.74, 6) is -1.51. The molecule has 3 rings (SSSR count). The molecule has 3 aromatic rings. The fraction of sp³-hybridized carbons (Fsp3) is 0.0556. The van der Waals surface area contributed by atoms with E-state index >= 15 is 0 Å². The number of halogens is 4. The predicted molar refractivity (Wildman–Crippen MR) is 90.0 cm³/mol. The van der Waals surface area contributed by atoms with Gasteiger partial charge in [0.2, 0.25) is 0 Å². The molecular formula is C18H12F4N4O. The smallest absolute Gasteiger partial charge is 0.267 e. The number of hydrogen-bond donors (Lipinski definition) is 1. The van der Waals surface area contributed by atoms with Crippen molar-refractivity contribution in [2.75, 3.05) is 0 Å². The van der Waals surface area contributed by atoms with Crippen LogP contribution in [0, 0.1) is 5.82 Å². The van der Waals surface area contributed by atoms with Crippen molar-refractivity contribution in [2.24, 2.45) is 5.10 Å². The highest BCUT2D eigenvalue weighted by Gasteiger charge is 2.40.